The molecule has 1 amide bonds. The average molecular weight is 398 g/mol. The van der Waals surface area contributed by atoms with E-state index >= 15 is 0 Å². The monoisotopic (exact) mass is 397 g/mol. The molecule has 1 spiro atoms. The number of rotatable bonds is 2. The van der Waals surface area contributed by atoms with Crippen LogP contribution in [0.2, 0.25) is 0 Å². The molecule has 2 N–H and O–H groups in total. The molecule has 152 valence electrons. The molecule has 3 heterocycles. The van der Waals surface area contributed by atoms with Gasteiger partial charge >= 0.3 is 0 Å². The van der Waals surface area contributed by atoms with Gasteiger partial charge in [0.15, 0.2) is 0 Å². The van der Waals surface area contributed by atoms with Crippen LogP contribution in [0.5, 0.6) is 0 Å². The van der Waals surface area contributed by atoms with E-state index in [1.807, 2.05) is 0 Å². The van der Waals surface area contributed by atoms with Gasteiger partial charge in [0.1, 0.15) is 6.17 Å². The van der Waals surface area contributed by atoms with Crippen LogP contribution in [0, 0.1) is 5.92 Å². The summed E-state index contributed by atoms with van der Waals surface area (Å²) in [5, 5.41) is 8.24. The maximum Gasteiger partial charge on any atom is 0.225 e. The number of fused-ring (bicyclic) bond motifs is 2. The first-order valence-electron chi connectivity index (χ1n) is 10.8. The minimum Gasteiger partial charge on any atom is -0.368 e. The highest BCUT2D eigenvalue weighted by molar-refractivity contribution is 8.00. The van der Waals surface area contributed by atoms with Gasteiger partial charge in [-0.3, -0.25) is 9.69 Å². The van der Waals surface area contributed by atoms with Gasteiger partial charge in [-0.2, -0.15) is 0 Å². The highest BCUT2D eigenvalue weighted by atomic mass is 32.2. The molecule has 27 heavy (non-hydrogen) atoms. The molecule has 0 aromatic carbocycles. The Bertz CT molecular complexity index is 567. The fourth-order valence-corrected chi connectivity index (χ4v) is 7.52. The van der Waals surface area contributed by atoms with E-state index in [1.165, 1.54) is 25.7 Å². The van der Waals surface area contributed by atoms with Crippen LogP contribution >= 0.6 is 11.8 Å². The Hall–Kier alpha value is -0.370. The Morgan fingerprint density at radius 3 is 3.04 bits per heavy atom. The molecule has 0 aromatic rings. The summed E-state index contributed by atoms with van der Waals surface area (Å²) in [4.78, 5) is 15.0. The second-order valence-electron chi connectivity index (χ2n) is 9.28. The molecule has 5 rings (SSSR count). The number of carbonyl (C=O) groups is 1. The Morgan fingerprint density at radius 1 is 1.26 bits per heavy atom. The molecule has 0 radical (unpaired) electrons. The standard InChI is InChI=1S/C20H32FN3O2S/c21-13-5-6-16-14(9-13)19(25)22-11-20(26-16)7-8-24(12-20)10-18-23-15-3-1-2-4-17(15)27-18/h13-18,23H,1-12H2,(H,22,25)/t13?,14?,15?,16?,17?,18?,20-/m0/s1. The lowest BCUT2D eigenvalue weighted by Crippen LogP contribution is -2.47. The van der Waals surface area contributed by atoms with Crippen LogP contribution in [0.1, 0.15) is 51.4 Å². The summed E-state index contributed by atoms with van der Waals surface area (Å²) in [5.41, 5.74) is -0.283. The van der Waals surface area contributed by atoms with Gasteiger partial charge in [-0.05, 0) is 38.5 Å². The van der Waals surface area contributed by atoms with Crippen LogP contribution < -0.4 is 10.6 Å². The lowest BCUT2D eigenvalue weighted by atomic mass is 9.84. The number of nitrogens with zero attached hydrogens (tertiary/aromatic N) is 1. The molecule has 0 aromatic heterocycles. The molecule has 2 saturated carbocycles. The highest BCUT2D eigenvalue weighted by Crippen LogP contribution is 2.40. The SMILES string of the molecule is O=C1NC[C@]2(CCN(CC3NC4CCCCC4S3)C2)OC2CCC(F)CC12. The highest BCUT2D eigenvalue weighted by Gasteiger charge is 2.49. The molecular formula is C20H32FN3O2S. The summed E-state index contributed by atoms with van der Waals surface area (Å²) in [6.45, 7) is 3.52. The number of thioether (sulfide) groups is 1. The third-order valence-corrected chi connectivity index (χ3v) is 8.83. The van der Waals surface area contributed by atoms with Crippen molar-refractivity contribution in [1.82, 2.24) is 15.5 Å². The minimum absolute atomic E-state index is 0.00485. The smallest absolute Gasteiger partial charge is 0.225 e. The van der Waals surface area contributed by atoms with Crippen molar-refractivity contribution in [3.63, 3.8) is 0 Å². The van der Waals surface area contributed by atoms with Gasteiger partial charge in [-0.1, -0.05) is 12.8 Å². The molecule has 7 heteroatoms. The van der Waals surface area contributed by atoms with Crippen molar-refractivity contribution in [2.24, 2.45) is 5.92 Å². The van der Waals surface area contributed by atoms with E-state index in [0.29, 0.717) is 37.2 Å². The van der Waals surface area contributed by atoms with Gasteiger partial charge in [0.25, 0.3) is 0 Å². The molecule has 6 unspecified atom stereocenters. The summed E-state index contributed by atoms with van der Waals surface area (Å²) in [6, 6.07) is 0.704. The van der Waals surface area contributed by atoms with E-state index in [0.717, 1.165) is 31.3 Å². The molecule has 0 bridgehead atoms. The molecule has 7 atom stereocenters. The third kappa shape index (κ3) is 3.77. The van der Waals surface area contributed by atoms with E-state index in [2.05, 4.69) is 27.3 Å². The fourth-order valence-electron chi connectivity index (χ4n) is 5.84. The summed E-state index contributed by atoms with van der Waals surface area (Å²) in [7, 11) is 0. The van der Waals surface area contributed by atoms with Crippen LogP contribution in [0.3, 0.4) is 0 Å². The van der Waals surface area contributed by atoms with Gasteiger partial charge in [0, 0.05) is 37.5 Å². The van der Waals surface area contributed by atoms with Crippen molar-refractivity contribution >= 4 is 17.7 Å². The van der Waals surface area contributed by atoms with Crippen LogP contribution in [0.4, 0.5) is 4.39 Å². The Labute approximate surface area is 165 Å². The third-order valence-electron chi connectivity index (χ3n) is 7.31. The largest absolute Gasteiger partial charge is 0.368 e. The van der Waals surface area contributed by atoms with Crippen molar-refractivity contribution in [2.45, 2.75) is 85.9 Å². The summed E-state index contributed by atoms with van der Waals surface area (Å²) in [6.07, 6.45) is 6.94. The van der Waals surface area contributed by atoms with E-state index in [9.17, 15) is 9.18 Å². The second kappa shape index (κ2) is 7.47. The van der Waals surface area contributed by atoms with Crippen LogP contribution in [-0.2, 0) is 9.53 Å². The first-order chi connectivity index (χ1) is 13.1. The predicted molar refractivity (Wildman–Crippen MR) is 104 cm³/mol. The van der Waals surface area contributed by atoms with Crippen molar-refractivity contribution in [3.05, 3.63) is 0 Å². The number of nitrogens with one attached hydrogen (secondary N) is 2. The normalized spacial score (nSPS) is 48.1. The lowest BCUT2D eigenvalue weighted by Gasteiger charge is -2.35. The van der Waals surface area contributed by atoms with Crippen molar-refractivity contribution in [3.8, 4) is 0 Å². The average Bonchev–Trinajstić information content (AvgIpc) is 3.21. The minimum atomic E-state index is -0.858. The number of halogens is 1. The molecule has 5 nitrogen and oxygen atoms in total. The number of ether oxygens (including phenoxy) is 1. The predicted octanol–water partition coefficient (Wildman–Crippen LogP) is 2.06. The molecule has 2 aliphatic carbocycles. The molecule has 3 saturated heterocycles. The zero-order valence-electron chi connectivity index (χ0n) is 16.0. The van der Waals surface area contributed by atoms with E-state index in [1.54, 1.807) is 0 Å². The Morgan fingerprint density at radius 2 is 2.15 bits per heavy atom. The lowest BCUT2D eigenvalue weighted by molar-refractivity contribution is -0.136. The number of hydrogen-bond donors (Lipinski definition) is 2. The second-order valence-corrected chi connectivity index (χ2v) is 10.7. The molecule has 5 aliphatic rings. The number of hydrogen-bond acceptors (Lipinski definition) is 5. The van der Waals surface area contributed by atoms with Crippen LogP contribution in [-0.4, -0.2) is 71.5 Å². The maximum atomic E-state index is 13.8. The fraction of sp³-hybridized carbons (Fsp3) is 0.950. The number of carbonyl (C=O) groups excluding carboxylic acids is 1. The first-order valence-corrected chi connectivity index (χ1v) is 11.8. The van der Waals surface area contributed by atoms with Crippen molar-refractivity contribution < 1.29 is 13.9 Å². The molecule has 3 aliphatic heterocycles. The Balaban J connectivity index is 1.20. The van der Waals surface area contributed by atoms with Gasteiger partial charge in [-0.25, -0.2) is 4.39 Å². The maximum absolute atomic E-state index is 13.8. The van der Waals surface area contributed by atoms with Gasteiger partial charge in [0.05, 0.1) is 23.0 Å². The zero-order chi connectivity index (χ0) is 18.4. The zero-order valence-corrected chi connectivity index (χ0v) is 16.8. The van der Waals surface area contributed by atoms with Crippen LogP contribution in [0.25, 0.3) is 0 Å². The number of likely N-dealkylation sites (tertiary alicyclic amines) is 1. The quantitative estimate of drug-likeness (QED) is 0.747. The van der Waals surface area contributed by atoms with E-state index < -0.39 is 6.17 Å². The van der Waals surface area contributed by atoms with Crippen molar-refractivity contribution in [2.75, 3.05) is 26.2 Å². The van der Waals surface area contributed by atoms with Gasteiger partial charge < -0.3 is 15.4 Å². The summed E-state index contributed by atoms with van der Waals surface area (Å²) in [5.74, 6) is -0.313. The Kier molecular flexibility index (Phi) is 5.16. The van der Waals surface area contributed by atoms with E-state index in [4.69, 9.17) is 4.74 Å². The summed E-state index contributed by atoms with van der Waals surface area (Å²) < 4.78 is 20.3. The van der Waals surface area contributed by atoms with E-state index in [-0.39, 0.29) is 23.5 Å². The number of alkyl halides is 1. The van der Waals surface area contributed by atoms with Crippen LogP contribution in [0.15, 0.2) is 0 Å². The molecule has 5 fully saturated rings. The first kappa shape index (κ1) is 18.6. The van der Waals surface area contributed by atoms with Gasteiger partial charge in [0.2, 0.25) is 5.91 Å². The summed E-state index contributed by atoms with van der Waals surface area (Å²) >= 11 is 2.13. The molecular weight excluding hydrogens is 365 g/mol. The number of amides is 1. The topological polar surface area (TPSA) is 53.6 Å². The van der Waals surface area contributed by atoms with Crippen molar-refractivity contribution in [1.29, 1.82) is 0 Å². The van der Waals surface area contributed by atoms with Gasteiger partial charge in [-0.15, -0.1) is 11.8 Å².